The molecule has 12 heteroatoms. The van der Waals surface area contributed by atoms with Gasteiger partial charge in [0.05, 0.1) is 29.4 Å². The van der Waals surface area contributed by atoms with Gasteiger partial charge in [-0.3, -0.25) is 9.88 Å². The van der Waals surface area contributed by atoms with Crippen LogP contribution in [-0.4, -0.2) is 33.7 Å². The number of amides is 1. The molecule has 41 heavy (non-hydrogen) atoms. The standard InChI is InChI=1S/C29H25F7N2O3/c1-15-26(18-11-19(28(31,32)33)13-20(12-18)29(34,35)36)41-27(40)38(15)14-25-21(5-7-24(37-25)17-3-4-17)22-10-16(8-9-39)2-6-23(22)30/h2,5-7,10-13,15,17,26,39H,3-4,8-9,14H2,1H3/t15-,26-/m0/s1. The van der Waals surface area contributed by atoms with Gasteiger partial charge in [-0.05, 0) is 73.7 Å². The number of aliphatic hydroxyl groups is 1. The lowest BCUT2D eigenvalue weighted by molar-refractivity contribution is -0.143. The number of halogens is 7. The van der Waals surface area contributed by atoms with Crippen molar-refractivity contribution < 1.29 is 45.4 Å². The average molecular weight is 583 g/mol. The third-order valence-corrected chi connectivity index (χ3v) is 7.36. The van der Waals surface area contributed by atoms with Crippen LogP contribution < -0.4 is 0 Å². The maximum atomic E-state index is 15.0. The zero-order valence-corrected chi connectivity index (χ0v) is 21.7. The van der Waals surface area contributed by atoms with Gasteiger partial charge in [0, 0.05) is 29.3 Å². The molecule has 1 aromatic heterocycles. The molecule has 5 nitrogen and oxygen atoms in total. The highest BCUT2D eigenvalue weighted by Gasteiger charge is 2.43. The van der Waals surface area contributed by atoms with Crippen LogP contribution in [0.2, 0.25) is 0 Å². The predicted molar refractivity (Wildman–Crippen MR) is 133 cm³/mol. The number of aromatic nitrogens is 1. The second-order valence-corrected chi connectivity index (χ2v) is 10.3. The fraction of sp³-hybridized carbons (Fsp3) is 0.379. The van der Waals surface area contributed by atoms with Crippen molar-refractivity contribution in [3.8, 4) is 11.1 Å². The molecule has 0 unspecified atom stereocenters. The molecule has 0 spiro atoms. The predicted octanol–water partition coefficient (Wildman–Crippen LogP) is 7.42. The van der Waals surface area contributed by atoms with Gasteiger partial charge in [-0.2, -0.15) is 26.3 Å². The third kappa shape index (κ3) is 6.02. The zero-order chi connectivity index (χ0) is 29.7. The van der Waals surface area contributed by atoms with Crippen LogP contribution in [0, 0.1) is 5.82 Å². The van der Waals surface area contributed by atoms with E-state index in [9.17, 15) is 40.6 Å². The number of pyridine rings is 1. The van der Waals surface area contributed by atoms with Gasteiger partial charge in [-0.1, -0.05) is 12.1 Å². The quantitative estimate of drug-likeness (QED) is 0.295. The maximum Gasteiger partial charge on any atom is 0.416 e. The molecule has 2 heterocycles. The number of hydrogen-bond donors (Lipinski definition) is 1. The van der Waals surface area contributed by atoms with Crippen LogP contribution >= 0.6 is 0 Å². The van der Waals surface area contributed by atoms with Crippen LogP contribution in [0.4, 0.5) is 35.5 Å². The van der Waals surface area contributed by atoms with E-state index in [0.29, 0.717) is 29.0 Å². The summed E-state index contributed by atoms with van der Waals surface area (Å²) in [6.45, 7) is 1.08. The normalized spacial score (nSPS) is 19.5. The van der Waals surface area contributed by atoms with Crippen LogP contribution in [0.3, 0.4) is 0 Å². The molecule has 3 aromatic rings. The summed E-state index contributed by atoms with van der Waals surface area (Å²) >= 11 is 0. The molecule has 2 fully saturated rings. The molecule has 0 radical (unpaired) electrons. The van der Waals surface area contributed by atoms with Gasteiger partial charge >= 0.3 is 18.4 Å². The smallest absolute Gasteiger partial charge is 0.416 e. The Morgan fingerprint density at radius 3 is 2.20 bits per heavy atom. The molecule has 5 rings (SSSR count). The number of carbonyl (C=O) groups excluding carboxylic acids is 1. The Balaban J connectivity index is 1.51. The number of carbonyl (C=O) groups is 1. The van der Waals surface area contributed by atoms with Crippen LogP contribution in [0.15, 0.2) is 48.5 Å². The summed E-state index contributed by atoms with van der Waals surface area (Å²) in [4.78, 5) is 18.8. The summed E-state index contributed by atoms with van der Waals surface area (Å²) in [5, 5.41) is 9.31. The Kier molecular flexibility index (Phi) is 7.47. The Bertz CT molecular complexity index is 1440. The maximum absolute atomic E-state index is 15.0. The number of rotatable bonds is 7. The van der Waals surface area contributed by atoms with Crippen molar-refractivity contribution in [1.82, 2.24) is 9.88 Å². The Labute approximate surface area is 230 Å². The van der Waals surface area contributed by atoms with Gasteiger partial charge in [0.25, 0.3) is 0 Å². The van der Waals surface area contributed by atoms with E-state index in [1.807, 2.05) is 0 Å². The second kappa shape index (κ2) is 10.6. The highest BCUT2D eigenvalue weighted by molar-refractivity contribution is 5.73. The van der Waals surface area contributed by atoms with Crippen LogP contribution in [0.5, 0.6) is 0 Å². The van der Waals surface area contributed by atoms with Crippen molar-refractivity contribution in [3.05, 3.63) is 88.0 Å². The lowest BCUT2D eigenvalue weighted by atomic mass is 9.96. The molecule has 2 aliphatic rings. The largest absolute Gasteiger partial charge is 0.439 e. The number of aliphatic hydroxyl groups excluding tert-OH is 1. The summed E-state index contributed by atoms with van der Waals surface area (Å²) in [5.41, 5.74) is -1.21. The number of nitrogens with zero attached hydrogens (tertiary/aromatic N) is 2. The molecular formula is C29H25F7N2O3. The molecule has 2 atom stereocenters. The van der Waals surface area contributed by atoms with Crippen molar-refractivity contribution in [2.45, 2.75) is 63.1 Å². The average Bonchev–Trinajstić information content (AvgIpc) is 3.71. The third-order valence-electron chi connectivity index (χ3n) is 7.36. The first-order chi connectivity index (χ1) is 19.3. The van der Waals surface area contributed by atoms with Crippen molar-refractivity contribution in [1.29, 1.82) is 0 Å². The monoisotopic (exact) mass is 582 g/mol. The van der Waals surface area contributed by atoms with E-state index in [1.165, 1.54) is 19.1 Å². The Hall–Kier alpha value is -3.67. The van der Waals surface area contributed by atoms with Gasteiger partial charge < -0.3 is 9.84 Å². The van der Waals surface area contributed by atoms with E-state index < -0.39 is 53.1 Å². The van der Waals surface area contributed by atoms with E-state index >= 15 is 0 Å². The van der Waals surface area contributed by atoms with Gasteiger partial charge in [0.2, 0.25) is 0 Å². The first-order valence-corrected chi connectivity index (χ1v) is 12.9. The molecule has 1 amide bonds. The van der Waals surface area contributed by atoms with Crippen LogP contribution in [-0.2, 0) is 30.1 Å². The van der Waals surface area contributed by atoms with Crippen molar-refractivity contribution in [3.63, 3.8) is 0 Å². The van der Waals surface area contributed by atoms with E-state index in [0.717, 1.165) is 23.4 Å². The SMILES string of the molecule is C[C@H]1[C@@H](c2cc(C(F)(F)F)cc(C(F)(F)F)c2)OC(=O)N1Cc1nc(C2CC2)ccc1-c1cc(CCO)ccc1F. The number of benzene rings is 2. The minimum atomic E-state index is -5.06. The van der Waals surface area contributed by atoms with Gasteiger partial charge in [0.1, 0.15) is 11.9 Å². The molecular weight excluding hydrogens is 557 g/mol. The molecule has 0 bridgehead atoms. The second-order valence-electron chi connectivity index (χ2n) is 10.3. The topological polar surface area (TPSA) is 62.7 Å². The summed E-state index contributed by atoms with van der Waals surface area (Å²) in [6, 6.07) is 7.95. The number of alkyl halides is 6. The first-order valence-electron chi connectivity index (χ1n) is 12.9. The van der Waals surface area contributed by atoms with Crippen molar-refractivity contribution in [2.75, 3.05) is 6.61 Å². The lowest BCUT2D eigenvalue weighted by Gasteiger charge is -2.23. The van der Waals surface area contributed by atoms with Crippen molar-refractivity contribution >= 4 is 6.09 Å². The Morgan fingerprint density at radius 1 is 0.951 bits per heavy atom. The summed E-state index contributed by atoms with van der Waals surface area (Å²) in [5.74, 6) is -0.359. The molecule has 1 N–H and O–H groups in total. The molecule has 2 aromatic carbocycles. The van der Waals surface area contributed by atoms with E-state index in [1.54, 1.807) is 18.2 Å². The van der Waals surface area contributed by atoms with Gasteiger partial charge in [-0.25, -0.2) is 9.18 Å². The molecule has 1 saturated heterocycles. The fourth-order valence-corrected chi connectivity index (χ4v) is 5.02. The molecule has 1 aliphatic heterocycles. The summed E-state index contributed by atoms with van der Waals surface area (Å²) < 4.78 is 101. The molecule has 218 valence electrons. The van der Waals surface area contributed by atoms with Gasteiger partial charge in [-0.15, -0.1) is 0 Å². The summed E-state index contributed by atoms with van der Waals surface area (Å²) in [6.07, 6.45) is -10.4. The number of ether oxygens (including phenoxy) is 1. The first kappa shape index (κ1) is 28.8. The fourth-order valence-electron chi connectivity index (χ4n) is 5.02. The van der Waals surface area contributed by atoms with Crippen molar-refractivity contribution in [2.24, 2.45) is 0 Å². The number of cyclic esters (lactones) is 1. The van der Waals surface area contributed by atoms with Crippen LogP contribution in [0.25, 0.3) is 11.1 Å². The lowest BCUT2D eigenvalue weighted by Crippen LogP contribution is -2.32. The zero-order valence-electron chi connectivity index (χ0n) is 21.7. The highest BCUT2D eigenvalue weighted by atomic mass is 19.4. The van der Waals surface area contributed by atoms with Crippen LogP contribution in [0.1, 0.15) is 65.4 Å². The van der Waals surface area contributed by atoms with E-state index in [-0.39, 0.29) is 37.1 Å². The minimum Gasteiger partial charge on any atom is -0.439 e. The highest BCUT2D eigenvalue weighted by Crippen LogP contribution is 2.43. The molecule has 1 saturated carbocycles. The van der Waals surface area contributed by atoms with Gasteiger partial charge in [0.15, 0.2) is 0 Å². The Morgan fingerprint density at radius 2 is 1.61 bits per heavy atom. The molecule has 1 aliphatic carbocycles. The van der Waals surface area contributed by atoms with E-state index in [4.69, 9.17) is 4.74 Å². The minimum absolute atomic E-state index is 0.0156. The summed E-state index contributed by atoms with van der Waals surface area (Å²) in [7, 11) is 0. The number of hydrogen-bond acceptors (Lipinski definition) is 4. The van der Waals surface area contributed by atoms with E-state index in [2.05, 4.69) is 4.98 Å².